The number of nitrogens with zero attached hydrogens (tertiary/aromatic N) is 1. The fourth-order valence-corrected chi connectivity index (χ4v) is 7.24. The van der Waals surface area contributed by atoms with Gasteiger partial charge in [-0.1, -0.05) is 72.8 Å². The van der Waals surface area contributed by atoms with E-state index in [1.165, 1.54) is 6.07 Å². The van der Waals surface area contributed by atoms with E-state index in [9.17, 15) is 21.6 Å². The summed E-state index contributed by atoms with van der Waals surface area (Å²) in [7, 11) is -5.87. The van der Waals surface area contributed by atoms with Crippen molar-refractivity contribution in [3.63, 3.8) is 0 Å². The molecule has 9 heteroatoms. The smallest absolute Gasteiger partial charge is 0.456 e. The number of rotatable bonds is 5. The topological polar surface area (TPSA) is 59.8 Å². The molecular formula is C37H20F3NO4S. The zero-order valence-corrected chi connectivity index (χ0v) is 24.5. The van der Waals surface area contributed by atoms with E-state index < -0.39 is 15.6 Å². The predicted octanol–water partition coefficient (Wildman–Crippen LogP) is 10.8. The van der Waals surface area contributed by atoms with Gasteiger partial charge < -0.3 is 13.5 Å². The van der Waals surface area contributed by atoms with Crippen LogP contribution in [0.1, 0.15) is 0 Å². The molecule has 9 aromatic rings. The monoisotopic (exact) mass is 631 g/mol. The first kappa shape index (κ1) is 26.8. The van der Waals surface area contributed by atoms with Crippen LogP contribution in [0.15, 0.2) is 126 Å². The van der Waals surface area contributed by atoms with Crippen molar-refractivity contribution in [3.05, 3.63) is 121 Å². The van der Waals surface area contributed by atoms with Crippen molar-refractivity contribution in [2.24, 2.45) is 0 Å². The molecule has 0 amide bonds. The Morgan fingerprint density at radius 1 is 0.565 bits per heavy atom. The van der Waals surface area contributed by atoms with E-state index in [1.54, 1.807) is 18.2 Å². The molecule has 0 aliphatic rings. The Bertz CT molecular complexity index is 2740. The zero-order chi connectivity index (χ0) is 31.4. The van der Waals surface area contributed by atoms with Crippen molar-refractivity contribution in [1.29, 1.82) is 0 Å². The number of benzene rings is 8. The molecule has 1 heterocycles. The molecule has 224 valence electrons. The number of hydrogen-bond acceptors (Lipinski definition) is 5. The Morgan fingerprint density at radius 2 is 1.20 bits per heavy atom. The van der Waals surface area contributed by atoms with E-state index >= 15 is 0 Å². The second-order valence-corrected chi connectivity index (χ2v) is 12.8. The summed E-state index contributed by atoms with van der Waals surface area (Å²) in [5.74, 6) is -0.384. The molecule has 9 rings (SSSR count). The van der Waals surface area contributed by atoms with Crippen molar-refractivity contribution < 1.29 is 30.2 Å². The third-order valence-electron chi connectivity index (χ3n) is 8.69. The molecule has 0 spiro atoms. The van der Waals surface area contributed by atoms with Crippen LogP contribution in [0.2, 0.25) is 0 Å². The first-order chi connectivity index (χ1) is 22.2. The molecule has 0 unspecified atom stereocenters. The number of hydrogen-bond donors (Lipinski definition) is 0. The quantitative estimate of drug-likeness (QED) is 0.107. The molecule has 0 aliphatic carbocycles. The standard InChI is InChI=1S/C37H20F3NO4S/c38-37(39,40)46(42,43)45-30-18-14-23-11-15-27-29(17-13-22-12-16-28(30)34(23)33(22)27)41(25-6-2-1-3-7-25)26-19-24-10-9-21-5-4-8-31-35(21)36(24)32(20-26)44-31/h1-20H. The second-order valence-electron chi connectivity index (χ2n) is 11.3. The lowest BCUT2D eigenvalue weighted by Crippen LogP contribution is -2.28. The minimum absolute atomic E-state index is 0.265. The Labute approximate surface area is 259 Å². The van der Waals surface area contributed by atoms with Gasteiger partial charge in [0.25, 0.3) is 0 Å². The van der Waals surface area contributed by atoms with Crippen LogP contribution < -0.4 is 9.08 Å². The molecule has 0 saturated carbocycles. The van der Waals surface area contributed by atoms with E-state index in [0.29, 0.717) is 5.39 Å². The largest absolute Gasteiger partial charge is 0.534 e. The molecule has 0 fully saturated rings. The van der Waals surface area contributed by atoms with Gasteiger partial charge in [-0.25, -0.2) is 0 Å². The Morgan fingerprint density at radius 3 is 1.98 bits per heavy atom. The van der Waals surface area contributed by atoms with Crippen molar-refractivity contribution in [3.8, 4) is 5.75 Å². The van der Waals surface area contributed by atoms with Gasteiger partial charge in [0.1, 0.15) is 11.2 Å². The number of furan rings is 1. The highest BCUT2D eigenvalue weighted by Crippen LogP contribution is 2.47. The van der Waals surface area contributed by atoms with Crippen molar-refractivity contribution in [2.75, 3.05) is 4.90 Å². The van der Waals surface area contributed by atoms with E-state index in [-0.39, 0.29) is 11.1 Å². The van der Waals surface area contributed by atoms with Crippen molar-refractivity contribution in [1.82, 2.24) is 0 Å². The van der Waals surface area contributed by atoms with Crippen LogP contribution in [0, 0.1) is 0 Å². The van der Waals surface area contributed by atoms with Crippen molar-refractivity contribution >= 4 is 92.2 Å². The maximum atomic E-state index is 13.3. The van der Waals surface area contributed by atoms with Crippen LogP contribution in [0.3, 0.4) is 0 Å². The summed E-state index contributed by atoms with van der Waals surface area (Å²) in [5.41, 5.74) is -1.42. The van der Waals surface area contributed by atoms with Gasteiger partial charge in [0.05, 0.1) is 11.4 Å². The van der Waals surface area contributed by atoms with Gasteiger partial charge in [-0.05, 0) is 69.4 Å². The predicted molar refractivity (Wildman–Crippen MR) is 176 cm³/mol. The SMILES string of the molecule is O=S(=O)(Oc1ccc2ccc3c(N(c4ccccc4)c4cc5ccc6cccc7oc(c4)c5c67)ccc4ccc1c2c43)C(F)(F)F. The summed E-state index contributed by atoms with van der Waals surface area (Å²) in [6.07, 6.45) is 0. The lowest BCUT2D eigenvalue weighted by Gasteiger charge is -2.28. The van der Waals surface area contributed by atoms with Crippen LogP contribution >= 0.6 is 0 Å². The molecule has 5 nitrogen and oxygen atoms in total. The molecule has 8 aromatic carbocycles. The summed E-state index contributed by atoms with van der Waals surface area (Å²) >= 11 is 0. The fraction of sp³-hybridized carbons (Fsp3) is 0.0270. The molecule has 1 aromatic heterocycles. The molecular weight excluding hydrogens is 611 g/mol. The van der Waals surface area contributed by atoms with E-state index in [2.05, 4.69) is 33.3 Å². The summed E-state index contributed by atoms with van der Waals surface area (Å²) in [4.78, 5) is 2.13. The Kier molecular flexibility index (Phi) is 5.39. The van der Waals surface area contributed by atoms with Gasteiger partial charge in [0, 0.05) is 38.7 Å². The average molecular weight is 632 g/mol. The van der Waals surface area contributed by atoms with Gasteiger partial charge in [0.15, 0.2) is 5.75 Å². The molecule has 0 aliphatic heterocycles. The van der Waals surface area contributed by atoms with Gasteiger partial charge in [-0.3, -0.25) is 0 Å². The van der Waals surface area contributed by atoms with Gasteiger partial charge in [-0.2, -0.15) is 21.6 Å². The van der Waals surface area contributed by atoms with Gasteiger partial charge in [-0.15, -0.1) is 0 Å². The molecule has 0 atom stereocenters. The van der Waals surface area contributed by atoms with Crippen LogP contribution in [0.5, 0.6) is 5.75 Å². The number of para-hydroxylation sites is 1. The highest BCUT2D eigenvalue weighted by atomic mass is 32.2. The summed E-state index contributed by atoms with van der Waals surface area (Å²) in [5, 5.41) is 8.33. The maximum absolute atomic E-state index is 13.3. The number of halogens is 3. The van der Waals surface area contributed by atoms with Crippen molar-refractivity contribution in [2.45, 2.75) is 5.51 Å². The summed E-state index contributed by atoms with van der Waals surface area (Å²) in [6, 6.07) is 38.3. The summed E-state index contributed by atoms with van der Waals surface area (Å²) < 4.78 is 74.8. The lowest BCUT2D eigenvalue weighted by atomic mass is 9.92. The second kappa shape index (κ2) is 9.24. The molecule has 0 bridgehead atoms. The minimum atomic E-state index is -5.87. The number of anilines is 3. The van der Waals surface area contributed by atoms with Gasteiger partial charge >= 0.3 is 15.6 Å². The van der Waals surface area contributed by atoms with E-state index in [0.717, 1.165) is 71.3 Å². The third-order valence-corrected chi connectivity index (χ3v) is 9.65. The normalized spacial score (nSPS) is 12.8. The first-order valence-corrected chi connectivity index (χ1v) is 15.8. The maximum Gasteiger partial charge on any atom is 0.534 e. The van der Waals surface area contributed by atoms with Crippen LogP contribution in [-0.4, -0.2) is 13.9 Å². The Hall–Kier alpha value is -5.54. The first-order valence-electron chi connectivity index (χ1n) is 14.4. The van der Waals surface area contributed by atoms with Crippen LogP contribution in [0.4, 0.5) is 30.2 Å². The molecule has 0 N–H and O–H groups in total. The van der Waals surface area contributed by atoms with Gasteiger partial charge in [0.2, 0.25) is 0 Å². The highest BCUT2D eigenvalue weighted by Gasteiger charge is 2.48. The van der Waals surface area contributed by atoms with Crippen LogP contribution in [0.25, 0.3) is 65.0 Å². The average Bonchev–Trinajstić information content (AvgIpc) is 3.43. The van der Waals surface area contributed by atoms with E-state index in [1.807, 2.05) is 72.8 Å². The third kappa shape index (κ3) is 3.78. The Balaban J connectivity index is 1.31. The highest BCUT2D eigenvalue weighted by molar-refractivity contribution is 7.88. The lowest BCUT2D eigenvalue weighted by molar-refractivity contribution is -0.0499. The number of alkyl halides is 3. The summed E-state index contributed by atoms with van der Waals surface area (Å²) in [6.45, 7) is 0. The molecule has 0 saturated heterocycles. The van der Waals surface area contributed by atoms with Crippen LogP contribution in [-0.2, 0) is 10.1 Å². The van der Waals surface area contributed by atoms with E-state index in [4.69, 9.17) is 4.42 Å². The zero-order valence-electron chi connectivity index (χ0n) is 23.7. The molecule has 46 heavy (non-hydrogen) atoms. The minimum Gasteiger partial charge on any atom is -0.456 e. The fourth-order valence-electron chi connectivity index (χ4n) is 6.76. The molecule has 0 radical (unpaired) electrons.